The summed E-state index contributed by atoms with van der Waals surface area (Å²) < 4.78 is 0. The van der Waals surface area contributed by atoms with Gasteiger partial charge in [-0.15, -0.1) is 0 Å². The van der Waals surface area contributed by atoms with E-state index in [0.717, 1.165) is 16.9 Å². The zero-order chi connectivity index (χ0) is 18.2. The monoisotopic (exact) mass is 346 g/mol. The molecule has 0 saturated heterocycles. The van der Waals surface area contributed by atoms with E-state index in [1.54, 1.807) is 12.4 Å². The van der Waals surface area contributed by atoms with Crippen LogP contribution in [0, 0.1) is 0 Å². The summed E-state index contributed by atoms with van der Waals surface area (Å²) in [5, 5.41) is 3.02. The van der Waals surface area contributed by atoms with E-state index in [1.807, 2.05) is 78.7 Å². The number of carbonyl (C=O) groups is 1. The lowest BCUT2D eigenvalue weighted by Gasteiger charge is -2.25. The third-order valence-electron chi connectivity index (χ3n) is 4.06. The maximum Gasteiger partial charge on any atom is 0.240 e. The van der Waals surface area contributed by atoms with Gasteiger partial charge in [-0.2, -0.15) is 0 Å². The van der Waals surface area contributed by atoms with Crippen LogP contribution >= 0.6 is 0 Å². The van der Waals surface area contributed by atoms with Gasteiger partial charge < -0.3 is 10.2 Å². The standard InChI is InChI=1S/C21H22N4O/c1-17(20-11-5-6-13-23-20)24-21(26)16-25(19-9-3-2-4-10-19)15-18-8-7-12-22-14-18/h2-14,17H,15-16H2,1H3,(H,24,26). The van der Waals surface area contributed by atoms with E-state index in [2.05, 4.69) is 15.3 Å². The van der Waals surface area contributed by atoms with Crippen LogP contribution in [0.3, 0.4) is 0 Å². The largest absolute Gasteiger partial charge is 0.358 e. The number of para-hydroxylation sites is 1. The number of pyridine rings is 2. The third kappa shape index (κ3) is 4.89. The molecule has 0 aliphatic rings. The normalized spacial score (nSPS) is 11.6. The molecule has 3 rings (SSSR count). The fourth-order valence-corrected chi connectivity index (χ4v) is 2.76. The molecule has 5 heteroatoms. The highest BCUT2D eigenvalue weighted by Crippen LogP contribution is 2.16. The summed E-state index contributed by atoms with van der Waals surface area (Å²) in [5.74, 6) is -0.0455. The van der Waals surface area contributed by atoms with Crippen LogP contribution < -0.4 is 10.2 Å². The summed E-state index contributed by atoms with van der Waals surface area (Å²) >= 11 is 0. The van der Waals surface area contributed by atoms with Crippen molar-refractivity contribution in [3.63, 3.8) is 0 Å². The van der Waals surface area contributed by atoms with Gasteiger partial charge in [0.2, 0.25) is 5.91 Å². The van der Waals surface area contributed by atoms with Gasteiger partial charge in [-0.1, -0.05) is 30.3 Å². The molecule has 0 radical (unpaired) electrons. The molecule has 2 heterocycles. The van der Waals surface area contributed by atoms with Gasteiger partial charge in [-0.05, 0) is 42.8 Å². The Balaban J connectivity index is 1.70. The van der Waals surface area contributed by atoms with Crippen molar-refractivity contribution in [2.45, 2.75) is 19.5 Å². The van der Waals surface area contributed by atoms with Crippen molar-refractivity contribution in [1.29, 1.82) is 0 Å². The highest BCUT2D eigenvalue weighted by molar-refractivity contribution is 5.81. The Hall–Kier alpha value is -3.21. The molecule has 26 heavy (non-hydrogen) atoms. The molecular weight excluding hydrogens is 324 g/mol. The summed E-state index contributed by atoms with van der Waals surface area (Å²) in [4.78, 5) is 23.1. The molecule has 1 unspecified atom stereocenters. The fourth-order valence-electron chi connectivity index (χ4n) is 2.76. The highest BCUT2D eigenvalue weighted by atomic mass is 16.2. The number of amides is 1. The lowest BCUT2D eigenvalue weighted by molar-refractivity contribution is -0.120. The zero-order valence-electron chi connectivity index (χ0n) is 14.7. The van der Waals surface area contributed by atoms with Crippen LogP contribution in [0.1, 0.15) is 24.2 Å². The Morgan fingerprint density at radius 1 is 1.04 bits per heavy atom. The van der Waals surface area contributed by atoms with Gasteiger partial charge in [0, 0.05) is 30.8 Å². The van der Waals surface area contributed by atoms with Crippen molar-refractivity contribution in [2.24, 2.45) is 0 Å². The molecule has 1 N–H and O–H groups in total. The first-order chi connectivity index (χ1) is 12.7. The van der Waals surface area contributed by atoms with Gasteiger partial charge in [0.25, 0.3) is 0 Å². The Bertz CT molecular complexity index is 809. The van der Waals surface area contributed by atoms with E-state index in [0.29, 0.717) is 6.54 Å². The quantitative estimate of drug-likeness (QED) is 0.713. The molecule has 5 nitrogen and oxygen atoms in total. The maximum absolute atomic E-state index is 12.6. The highest BCUT2D eigenvalue weighted by Gasteiger charge is 2.15. The molecule has 3 aromatic rings. The van der Waals surface area contributed by atoms with Gasteiger partial charge in [0.1, 0.15) is 0 Å². The van der Waals surface area contributed by atoms with Crippen LogP contribution in [0.25, 0.3) is 0 Å². The minimum Gasteiger partial charge on any atom is -0.358 e. The number of nitrogens with zero attached hydrogens (tertiary/aromatic N) is 3. The van der Waals surface area contributed by atoms with Gasteiger partial charge in [0.15, 0.2) is 0 Å². The molecule has 0 aliphatic carbocycles. The fraction of sp³-hybridized carbons (Fsp3) is 0.190. The van der Waals surface area contributed by atoms with Crippen LogP contribution in [0.15, 0.2) is 79.3 Å². The van der Waals surface area contributed by atoms with Gasteiger partial charge >= 0.3 is 0 Å². The Kier molecular flexibility index (Phi) is 5.93. The molecule has 1 aromatic carbocycles. The van der Waals surface area contributed by atoms with E-state index < -0.39 is 0 Å². The van der Waals surface area contributed by atoms with E-state index in [9.17, 15) is 4.79 Å². The van der Waals surface area contributed by atoms with Gasteiger partial charge in [-0.25, -0.2) is 0 Å². The van der Waals surface area contributed by atoms with E-state index in [4.69, 9.17) is 0 Å². The number of anilines is 1. The summed E-state index contributed by atoms with van der Waals surface area (Å²) in [7, 11) is 0. The smallest absolute Gasteiger partial charge is 0.240 e. The Morgan fingerprint density at radius 2 is 1.85 bits per heavy atom. The van der Waals surface area contributed by atoms with Crippen molar-refractivity contribution in [1.82, 2.24) is 15.3 Å². The summed E-state index contributed by atoms with van der Waals surface area (Å²) in [5.41, 5.74) is 2.90. The Labute approximate surface area is 153 Å². The van der Waals surface area contributed by atoms with Crippen LogP contribution in [-0.2, 0) is 11.3 Å². The molecular formula is C21H22N4O. The number of rotatable bonds is 7. The van der Waals surface area contributed by atoms with E-state index >= 15 is 0 Å². The lowest BCUT2D eigenvalue weighted by Crippen LogP contribution is -2.38. The van der Waals surface area contributed by atoms with Crippen LogP contribution in [0.4, 0.5) is 5.69 Å². The second-order valence-corrected chi connectivity index (χ2v) is 6.10. The second kappa shape index (κ2) is 8.76. The number of hydrogen-bond donors (Lipinski definition) is 1. The molecule has 1 atom stereocenters. The molecule has 2 aromatic heterocycles. The number of benzene rings is 1. The molecule has 0 aliphatic heterocycles. The first kappa shape index (κ1) is 17.6. The minimum absolute atomic E-state index is 0.0455. The van der Waals surface area contributed by atoms with Crippen molar-refractivity contribution in [3.05, 3.63) is 90.5 Å². The topological polar surface area (TPSA) is 58.1 Å². The molecule has 0 spiro atoms. The average Bonchev–Trinajstić information content (AvgIpc) is 2.69. The van der Waals surface area contributed by atoms with Gasteiger partial charge in [-0.3, -0.25) is 14.8 Å². The van der Waals surface area contributed by atoms with Crippen molar-refractivity contribution >= 4 is 11.6 Å². The Morgan fingerprint density at radius 3 is 2.54 bits per heavy atom. The van der Waals surface area contributed by atoms with Crippen LogP contribution in [0.2, 0.25) is 0 Å². The summed E-state index contributed by atoms with van der Waals surface area (Å²) in [6.45, 7) is 2.81. The lowest BCUT2D eigenvalue weighted by atomic mass is 10.2. The predicted octanol–water partition coefficient (Wildman–Crippen LogP) is 3.36. The van der Waals surface area contributed by atoms with Crippen molar-refractivity contribution < 1.29 is 4.79 Å². The third-order valence-corrected chi connectivity index (χ3v) is 4.06. The summed E-state index contributed by atoms with van der Waals surface area (Å²) in [6, 6.07) is 19.4. The van der Waals surface area contributed by atoms with E-state index in [-0.39, 0.29) is 18.5 Å². The number of hydrogen-bond acceptors (Lipinski definition) is 4. The minimum atomic E-state index is -0.139. The molecule has 0 fully saturated rings. The average molecular weight is 346 g/mol. The van der Waals surface area contributed by atoms with Gasteiger partial charge in [0.05, 0.1) is 18.3 Å². The molecule has 0 bridgehead atoms. The predicted molar refractivity (Wildman–Crippen MR) is 103 cm³/mol. The number of carbonyl (C=O) groups excluding carboxylic acids is 1. The number of nitrogens with one attached hydrogen (secondary N) is 1. The summed E-state index contributed by atoms with van der Waals surface area (Å²) in [6.07, 6.45) is 5.30. The zero-order valence-corrected chi connectivity index (χ0v) is 14.7. The van der Waals surface area contributed by atoms with Crippen molar-refractivity contribution in [2.75, 3.05) is 11.4 Å². The maximum atomic E-state index is 12.6. The van der Waals surface area contributed by atoms with E-state index in [1.165, 1.54) is 0 Å². The molecule has 132 valence electrons. The SMILES string of the molecule is CC(NC(=O)CN(Cc1cccnc1)c1ccccc1)c1ccccn1. The molecule has 0 saturated carbocycles. The number of aromatic nitrogens is 2. The van der Waals surface area contributed by atoms with Crippen molar-refractivity contribution in [3.8, 4) is 0 Å². The first-order valence-electron chi connectivity index (χ1n) is 8.61. The van der Waals surface area contributed by atoms with Crippen LogP contribution in [-0.4, -0.2) is 22.4 Å². The van der Waals surface area contributed by atoms with Crippen LogP contribution in [0.5, 0.6) is 0 Å². The first-order valence-corrected chi connectivity index (χ1v) is 8.61. The second-order valence-electron chi connectivity index (χ2n) is 6.10. The molecule has 1 amide bonds.